The number of carboxylic acid groups (broad SMARTS) is 1. The molecule has 0 unspecified atom stereocenters. The average Bonchev–Trinajstić information content (AvgIpc) is 2.68. The Hall–Kier alpha value is -2.71. The molecule has 3 aromatic rings. The average molecular weight is 477 g/mol. The normalized spacial score (nSPS) is 24.5. The molecule has 2 bridgehead atoms. The third-order valence-electron chi connectivity index (χ3n) is 6.52. The van der Waals surface area contributed by atoms with E-state index >= 15 is 0 Å². The molecular weight excluding hydrogens is 458 g/mol. The van der Waals surface area contributed by atoms with Crippen molar-refractivity contribution >= 4 is 40.5 Å². The van der Waals surface area contributed by atoms with Crippen LogP contribution in [0.3, 0.4) is 0 Å². The van der Waals surface area contributed by atoms with E-state index < -0.39 is 17.7 Å². The minimum absolute atomic E-state index is 0.0614. The molecular formula is C22H19Cl2FN4O3. The number of rotatable bonds is 5. The number of hydrogen-bond acceptors (Lipinski definition) is 5. The van der Waals surface area contributed by atoms with Gasteiger partial charge in [0.25, 0.3) is 5.56 Å². The Kier molecular flexibility index (Phi) is 4.56. The van der Waals surface area contributed by atoms with E-state index in [2.05, 4.69) is 10.3 Å². The fourth-order valence-corrected chi connectivity index (χ4v) is 5.46. The van der Waals surface area contributed by atoms with Crippen LogP contribution < -0.4 is 10.9 Å². The number of anilines is 1. The van der Waals surface area contributed by atoms with Gasteiger partial charge in [-0.05, 0) is 51.3 Å². The van der Waals surface area contributed by atoms with Gasteiger partial charge in [-0.25, -0.2) is 19.2 Å². The molecule has 2 N–H and O–H groups in total. The van der Waals surface area contributed by atoms with Crippen LogP contribution in [0, 0.1) is 6.92 Å². The molecule has 10 heteroatoms. The van der Waals surface area contributed by atoms with Gasteiger partial charge in [-0.3, -0.25) is 9.20 Å². The number of aromatic carboxylic acids is 1. The molecule has 0 aromatic carbocycles. The number of nitrogens with zero attached hydrogens (tertiary/aromatic N) is 3. The van der Waals surface area contributed by atoms with Gasteiger partial charge in [0.05, 0.1) is 22.4 Å². The molecule has 3 aliphatic carbocycles. The quantitative estimate of drug-likeness (QED) is 0.517. The minimum Gasteiger partial charge on any atom is -0.476 e. The number of carbonyl (C=O) groups is 1. The Labute approximate surface area is 192 Å². The largest absolute Gasteiger partial charge is 0.476 e. The van der Waals surface area contributed by atoms with E-state index in [9.17, 15) is 19.1 Å². The molecule has 166 valence electrons. The molecule has 3 fully saturated rings. The van der Waals surface area contributed by atoms with Crippen LogP contribution >= 0.6 is 23.2 Å². The number of hydrogen-bond donors (Lipinski definition) is 2. The summed E-state index contributed by atoms with van der Waals surface area (Å²) in [6.07, 6.45) is 2.67. The Balaban J connectivity index is 1.62. The van der Waals surface area contributed by atoms with E-state index in [1.54, 1.807) is 19.9 Å². The lowest BCUT2D eigenvalue weighted by Crippen LogP contribution is -2.67. The van der Waals surface area contributed by atoms with Gasteiger partial charge in [-0.1, -0.05) is 23.2 Å². The van der Waals surface area contributed by atoms with Crippen LogP contribution in [0.2, 0.25) is 10.2 Å². The van der Waals surface area contributed by atoms with Crippen molar-refractivity contribution in [2.24, 2.45) is 0 Å². The summed E-state index contributed by atoms with van der Waals surface area (Å²) >= 11 is 12.1. The molecule has 3 aromatic heterocycles. The van der Waals surface area contributed by atoms with Crippen molar-refractivity contribution in [2.45, 2.75) is 50.2 Å². The third-order valence-corrected chi connectivity index (χ3v) is 6.93. The summed E-state index contributed by atoms with van der Waals surface area (Å²) in [6.45, 7) is 3.51. The predicted molar refractivity (Wildman–Crippen MR) is 119 cm³/mol. The number of aromatic nitrogens is 3. The van der Waals surface area contributed by atoms with Crippen molar-refractivity contribution in [1.82, 2.24) is 14.4 Å². The second kappa shape index (κ2) is 6.89. The zero-order chi connectivity index (χ0) is 23.0. The molecule has 0 saturated heterocycles. The van der Waals surface area contributed by atoms with Crippen molar-refractivity contribution in [3.05, 3.63) is 67.4 Å². The molecule has 3 aliphatic rings. The van der Waals surface area contributed by atoms with Crippen molar-refractivity contribution in [3.8, 4) is 0 Å². The lowest BCUT2D eigenvalue weighted by Gasteiger charge is -2.65. The first-order valence-electron chi connectivity index (χ1n) is 10.1. The van der Waals surface area contributed by atoms with Gasteiger partial charge in [0.2, 0.25) is 0 Å². The maximum Gasteiger partial charge on any atom is 0.356 e. The molecule has 0 amide bonds. The van der Waals surface area contributed by atoms with Gasteiger partial charge in [-0.2, -0.15) is 0 Å². The molecule has 6 rings (SSSR count). The van der Waals surface area contributed by atoms with Gasteiger partial charge >= 0.3 is 5.97 Å². The van der Waals surface area contributed by atoms with Gasteiger partial charge < -0.3 is 10.4 Å². The molecule has 0 spiro atoms. The SMILES string of the molecule is Cc1c(C23CC(F)(C2)C3)nc2c([C@@H](C)Nc3ccc(Cl)nc3C(=O)O)cc(Cl)cn2c1=O. The number of alkyl halides is 1. The van der Waals surface area contributed by atoms with Crippen LogP contribution in [-0.2, 0) is 5.41 Å². The predicted octanol–water partition coefficient (Wildman–Crippen LogP) is 4.72. The Morgan fingerprint density at radius 2 is 1.97 bits per heavy atom. The highest BCUT2D eigenvalue weighted by molar-refractivity contribution is 6.30. The number of nitrogens with one attached hydrogen (secondary N) is 1. The van der Waals surface area contributed by atoms with Gasteiger partial charge in [-0.15, -0.1) is 0 Å². The van der Waals surface area contributed by atoms with E-state index in [4.69, 9.17) is 28.2 Å². The Bertz CT molecular complexity index is 1350. The fraction of sp³-hybridized carbons (Fsp3) is 0.364. The lowest BCUT2D eigenvalue weighted by molar-refractivity contribution is -0.160. The van der Waals surface area contributed by atoms with Crippen molar-refractivity contribution < 1.29 is 14.3 Å². The van der Waals surface area contributed by atoms with E-state index in [0.29, 0.717) is 46.8 Å². The first-order valence-corrected chi connectivity index (χ1v) is 10.9. The van der Waals surface area contributed by atoms with Crippen molar-refractivity contribution in [1.29, 1.82) is 0 Å². The summed E-state index contributed by atoms with van der Waals surface area (Å²) in [4.78, 5) is 33.4. The summed E-state index contributed by atoms with van der Waals surface area (Å²) in [5, 5.41) is 13.0. The molecule has 32 heavy (non-hydrogen) atoms. The van der Waals surface area contributed by atoms with Crippen molar-refractivity contribution in [3.63, 3.8) is 0 Å². The van der Waals surface area contributed by atoms with Crippen LogP contribution in [0.15, 0.2) is 29.2 Å². The number of fused-ring (bicyclic) bond motifs is 1. The molecule has 0 aliphatic heterocycles. The van der Waals surface area contributed by atoms with Crippen LogP contribution in [0.25, 0.3) is 5.65 Å². The van der Waals surface area contributed by atoms with Crippen molar-refractivity contribution in [2.75, 3.05) is 5.32 Å². The summed E-state index contributed by atoms with van der Waals surface area (Å²) in [7, 11) is 0. The van der Waals surface area contributed by atoms with Crippen LogP contribution in [0.5, 0.6) is 0 Å². The molecule has 0 radical (unpaired) electrons. The maximum atomic E-state index is 14.2. The molecule has 3 saturated carbocycles. The summed E-state index contributed by atoms with van der Waals surface area (Å²) in [5.74, 6) is -1.23. The van der Waals surface area contributed by atoms with Crippen LogP contribution in [0.4, 0.5) is 10.1 Å². The second-order valence-corrected chi connectivity index (χ2v) is 9.68. The smallest absolute Gasteiger partial charge is 0.356 e. The zero-order valence-electron chi connectivity index (χ0n) is 17.2. The van der Waals surface area contributed by atoms with E-state index in [1.807, 2.05) is 0 Å². The Morgan fingerprint density at radius 1 is 1.28 bits per heavy atom. The first-order chi connectivity index (χ1) is 15.0. The summed E-state index contributed by atoms with van der Waals surface area (Å²) in [5.41, 5.74) is 0.423. The standard InChI is InChI=1S/C22H19Cl2FN4O3/c1-10-17(21-7-22(25,8-21)9-21)28-18-13(5-12(23)6-29(18)19(10)30)11(2)26-14-3-4-15(24)27-16(14)20(31)32/h3-6,11,26H,7-9H2,1-2H3,(H,31,32)/t11-,21?,22?/m1/s1. The second-order valence-electron chi connectivity index (χ2n) is 8.86. The van der Waals surface area contributed by atoms with Crippen LogP contribution in [0.1, 0.15) is 59.5 Å². The maximum absolute atomic E-state index is 14.2. The first kappa shape index (κ1) is 21.2. The van der Waals surface area contributed by atoms with E-state index in [-0.39, 0.29) is 27.5 Å². The topological polar surface area (TPSA) is 96.6 Å². The van der Waals surface area contributed by atoms with Gasteiger partial charge in [0.1, 0.15) is 16.5 Å². The summed E-state index contributed by atoms with van der Waals surface area (Å²) in [6, 6.07) is 4.22. The van der Waals surface area contributed by atoms with Crippen LogP contribution in [-0.4, -0.2) is 31.1 Å². The number of carboxylic acids is 1. The highest BCUT2D eigenvalue weighted by Gasteiger charge is 2.71. The highest BCUT2D eigenvalue weighted by Crippen LogP contribution is 2.69. The lowest BCUT2D eigenvalue weighted by atomic mass is 9.41. The Morgan fingerprint density at radius 3 is 2.59 bits per heavy atom. The number of halogens is 3. The van der Waals surface area contributed by atoms with E-state index in [0.717, 1.165) is 0 Å². The van der Waals surface area contributed by atoms with Gasteiger partial charge in [0, 0.05) is 22.7 Å². The monoisotopic (exact) mass is 476 g/mol. The summed E-state index contributed by atoms with van der Waals surface area (Å²) < 4.78 is 15.6. The third kappa shape index (κ3) is 3.08. The highest BCUT2D eigenvalue weighted by atomic mass is 35.5. The number of pyridine rings is 2. The molecule has 3 heterocycles. The van der Waals surface area contributed by atoms with Gasteiger partial charge in [0.15, 0.2) is 5.69 Å². The van der Waals surface area contributed by atoms with E-state index in [1.165, 1.54) is 22.7 Å². The minimum atomic E-state index is -1.23. The molecule has 1 atom stereocenters. The zero-order valence-corrected chi connectivity index (χ0v) is 18.8. The fourth-order valence-electron chi connectivity index (χ4n) is 5.09. The molecule has 7 nitrogen and oxygen atoms in total.